The summed E-state index contributed by atoms with van der Waals surface area (Å²) in [4.78, 5) is 35.3. The van der Waals surface area contributed by atoms with Gasteiger partial charge in [-0.25, -0.2) is 0 Å². The van der Waals surface area contributed by atoms with Gasteiger partial charge < -0.3 is 4.74 Å². The van der Waals surface area contributed by atoms with E-state index < -0.39 is 23.5 Å². The number of hydrogen-bond acceptors (Lipinski definition) is 4. The van der Waals surface area contributed by atoms with E-state index in [0.29, 0.717) is 5.56 Å². The number of ketones is 2. The highest BCUT2D eigenvalue weighted by molar-refractivity contribution is 6.22. The number of hydrogen-bond donors (Lipinski definition) is 0. The normalized spacial score (nSPS) is 12.0. The quantitative estimate of drug-likeness (QED) is 0.454. The van der Waals surface area contributed by atoms with E-state index in [1.165, 1.54) is 6.92 Å². The molecule has 0 amide bonds. The van der Waals surface area contributed by atoms with Gasteiger partial charge in [0, 0.05) is 5.56 Å². The lowest BCUT2D eigenvalue weighted by molar-refractivity contribution is -0.152. The summed E-state index contributed by atoms with van der Waals surface area (Å²) in [5, 5.41) is 0. The van der Waals surface area contributed by atoms with Gasteiger partial charge in [0.15, 0.2) is 17.5 Å². The van der Waals surface area contributed by atoms with Crippen molar-refractivity contribution < 1.29 is 19.1 Å². The fraction of sp³-hybridized carbons (Fsp3) is 0.357. The molecule has 18 heavy (non-hydrogen) atoms. The minimum Gasteiger partial charge on any atom is -0.462 e. The molecule has 0 saturated carbocycles. The Labute approximate surface area is 106 Å². The Morgan fingerprint density at radius 2 is 1.61 bits per heavy atom. The molecule has 4 heteroatoms. The summed E-state index contributed by atoms with van der Waals surface area (Å²) in [5.41, 5.74) is 0.332. The molecule has 0 heterocycles. The van der Waals surface area contributed by atoms with Crippen molar-refractivity contribution in [3.8, 4) is 0 Å². The van der Waals surface area contributed by atoms with E-state index in [4.69, 9.17) is 4.74 Å². The SMILES string of the molecule is CC(=O)C(C(=O)OC(C)C)C(=O)c1ccccc1. The maximum absolute atomic E-state index is 12.1. The summed E-state index contributed by atoms with van der Waals surface area (Å²) in [6, 6.07) is 8.25. The molecule has 0 aliphatic carbocycles. The molecule has 96 valence electrons. The first-order valence-electron chi connectivity index (χ1n) is 5.73. The Hall–Kier alpha value is -1.97. The number of esters is 1. The molecule has 1 aromatic rings. The zero-order chi connectivity index (χ0) is 13.7. The highest BCUT2D eigenvalue weighted by atomic mass is 16.5. The molecular weight excluding hydrogens is 232 g/mol. The van der Waals surface area contributed by atoms with Gasteiger partial charge in [0.05, 0.1) is 6.10 Å². The summed E-state index contributed by atoms with van der Waals surface area (Å²) < 4.78 is 4.94. The van der Waals surface area contributed by atoms with Crippen molar-refractivity contribution in [2.75, 3.05) is 0 Å². The molecule has 1 rings (SSSR count). The number of carbonyl (C=O) groups excluding carboxylic acids is 3. The van der Waals surface area contributed by atoms with E-state index in [1.54, 1.807) is 44.2 Å². The second kappa shape index (κ2) is 6.10. The van der Waals surface area contributed by atoms with E-state index in [2.05, 4.69) is 0 Å². The Bertz CT molecular complexity index is 448. The second-order valence-corrected chi connectivity index (χ2v) is 4.26. The van der Waals surface area contributed by atoms with Crippen LogP contribution in [0.5, 0.6) is 0 Å². The lowest BCUT2D eigenvalue weighted by Gasteiger charge is -2.14. The number of carbonyl (C=O) groups is 3. The standard InChI is InChI=1S/C14H16O4/c1-9(2)18-14(17)12(10(3)15)13(16)11-7-5-4-6-8-11/h4-9,12H,1-3H3. The van der Waals surface area contributed by atoms with Crippen LogP contribution in [0.15, 0.2) is 30.3 Å². The maximum atomic E-state index is 12.1. The summed E-state index contributed by atoms with van der Waals surface area (Å²) in [5.74, 6) is -3.18. The van der Waals surface area contributed by atoms with Crippen molar-refractivity contribution in [1.82, 2.24) is 0 Å². The highest BCUT2D eigenvalue weighted by Gasteiger charge is 2.33. The second-order valence-electron chi connectivity index (χ2n) is 4.26. The molecule has 4 nitrogen and oxygen atoms in total. The number of ether oxygens (including phenoxy) is 1. The first kappa shape index (κ1) is 14.1. The van der Waals surface area contributed by atoms with Crippen LogP contribution >= 0.6 is 0 Å². The maximum Gasteiger partial charge on any atom is 0.324 e. The molecule has 1 unspecified atom stereocenters. The monoisotopic (exact) mass is 248 g/mol. The van der Waals surface area contributed by atoms with Crippen molar-refractivity contribution in [2.45, 2.75) is 26.9 Å². The lowest BCUT2D eigenvalue weighted by atomic mass is 9.94. The van der Waals surface area contributed by atoms with Crippen LogP contribution in [0.1, 0.15) is 31.1 Å². The Morgan fingerprint density at radius 3 is 2.06 bits per heavy atom. The zero-order valence-corrected chi connectivity index (χ0v) is 10.7. The van der Waals surface area contributed by atoms with Gasteiger partial charge >= 0.3 is 5.97 Å². The van der Waals surface area contributed by atoms with E-state index in [-0.39, 0.29) is 6.10 Å². The Balaban J connectivity index is 2.96. The number of benzene rings is 1. The molecule has 0 bridgehead atoms. The molecule has 0 saturated heterocycles. The van der Waals surface area contributed by atoms with Crippen molar-refractivity contribution in [3.05, 3.63) is 35.9 Å². The smallest absolute Gasteiger partial charge is 0.324 e. The van der Waals surface area contributed by atoms with Crippen molar-refractivity contribution in [1.29, 1.82) is 0 Å². The van der Waals surface area contributed by atoms with Crippen LogP contribution in [0.4, 0.5) is 0 Å². The molecule has 0 fully saturated rings. The third kappa shape index (κ3) is 3.52. The molecule has 0 aliphatic heterocycles. The average molecular weight is 248 g/mol. The Kier molecular flexibility index (Phi) is 4.77. The van der Waals surface area contributed by atoms with Gasteiger partial charge in [0.2, 0.25) is 0 Å². The van der Waals surface area contributed by atoms with E-state index >= 15 is 0 Å². The van der Waals surface area contributed by atoms with Crippen molar-refractivity contribution in [2.24, 2.45) is 5.92 Å². The molecule has 1 aromatic carbocycles. The molecular formula is C14H16O4. The molecule has 0 aromatic heterocycles. The van der Waals surface area contributed by atoms with Gasteiger partial charge in [-0.05, 0) is 20.8 Å². The predicted molar refractivity (Wildman–Crippen MR) is 66.2 cm³/mol. The van der Waals surface area contributed by atoms with Crippen LogP contribution in [0.25, 0.3) is 0 Å². The lowest BCUT2D eigenvalue weighted by Crippen LogP contribution is -2.33. The molecule has 0 aliphatic rings. The topological polar surface area (TPSA) is 60.4 Å². The van der Waals surface area contributed by atoms with Crippen LogP contribution in [0.2, 0.25) is 0 Å². The van der Waals surface area contributed by atoms with Gasteiger partial charge in [-0.15, -0.1) is 0 Å². The Morgan fingerprint density at radius 1 is 1.06 bits per heavy atom. The summed E-state index contributed by atoms with van der Waals surface area (Å²) in [6.45, 7) is 4.55. The van der Waals surface area contributed by atoms with Crippen LogP contribution in [-0.4, -0.2) is 23.6 Å². The van der Waals surface area contributed by atoms with Crippen LogP contribution in [0, 0.1) is 5.92 Å². The van der Waals surface area contributed by atoms with Gasteiger partial charge in [0.1, 0.15) is 0 Å². The zero-order valence-electron chi connectivity index (χ0n) is 10.7. The average Bonchev–Trinajstić information content (AvgIpc) is 2.28. The summed E-state index contributed by atoms with van der Waals surface area (Å²) in [7, 11) is 0. The van der Waals surface area contributed by atoms with Gasteiger partial charge in [-0.2, -0.15) is 0 Å². The van der Waals surface area contributed by atoms with Crippen LogP contribution in [0.3, 0.4) is 0 Å². The first-order valence-corrected chi connectivity index (χ1v) is 5.73. The summed E-state index contributed by atoms with van der Waals surface area (Å²) >= 11 is 0. The van der Waals surface area contributed by atoms with Gasteiger partial charge in [-0.3, -0.25) is 14.4 Å². The van der Waals surface area contributed by atoms with E-state index in [0.717, 1.165) is 0 Å². The van der Waals surface area contributed by atoms with Crippen LogP contribution < -0.4 is 0 Å². The van der Waals surface area contributed by atoms with E-state index in [9.17, 15) is 14.4 Å². The van der Waals surface area contributed by atoms with Gasteiger partial charge in [0.25, 0.3) is 0 Å². The molecule has 0 N–H and O–H groups in total. The molecule has 0 radical (unpaired) electrons. The van der Waals surface area contributed by atoms with Crippen molar-refractivity contribution in [3.63, 3.8) is 0 Å². The van der Waals surface area contributed by atoms with Crippen LogP contribution in [-0.2, 0) is 14.3 Å². The van der Waals surface area contributed by atoms with E-state index in [1.807, 2.05) is 0 Å². The predicted octanol–water partition coefficient (Wildman–Crippen LogP) is 2.03. The molecule has 0 spiro atoms. The fourth-order valence-electron chi connectivity index (χ4n) is 1.53. The number of rotatable bonds is 5. The minimum absolute atomic E-state index is 0.332. The van der Waals surface area contributed by atoms with Crippen molar-refractivity contribution >= 4 is 17.5 Å². The summed E-state index contributed by atoms with van der Waals surface area (Å²) in [6.07, 6.45) is -0.358. The van der Waals surface area contributed by atoms with Gasteiger partial charge in [-0.1, -0.05) is 30.3 Å². The first-order chi connectivity index (χ1) is 8.43. The number of Topliss-reactive ketones (excluding diaryl/α,β-unsaturated/α-hetero) is 2. The molecule has 1 atom stereocenters. The largest absolute Gasteiger partial charge is 0.462 e. The fourth-order valence-corrected chi connectivity index (χ4v) is 1.53. The third-order valence-corrected chi connectivity index (χ3v) is 2.31. The third-order valence-electron chi connectivity index (χ3n) is 2.31. The highest BCUT2D eigenvalue weighted by Crippen LogP contribution is 2.13. The minimum atomic E-state index is -1.37.